The third-order valence-electron chi connectivity index (χ3n) is 9.90. The summed E-state index contributed by atoms with van der Waals surface area (Å²) in [4.78, 5) is 33.3. The van der Waals surface area contributed by atoms with Gasteiger partial charge in [0, 0.05) is 49.7 Å². The molecule has 2 aromatic rings. The van der Waals surface area contributed by atoms with Crippen molar-refractivity contribution in [3.05, 3.63) is 46.0 Å². The molecule has 1 unspecified atom stereocenters. The fourth-order valence-electron chi connectivity index (χ4n) is 7.17. The van der Waals surface area contributed by atoms with Gasteiger partial charge in [0.05, 0.1) is 11.6 Å². The van der Waals surface area contributed by atoms with Gasteiger partial charge in [0.1, 0.15) is 12.4 Å². The van der Waals surface area contributed by atoms with Crippen LogP contribution in [0.5, 0.6) is 0 Å². The van der Waals surface area contributed by atoms with Crippen LogP contribution in [0, 0.1) is 25.6 Å². The summed E-state index contributed by atoms with van der Waals surface area (Å²) in [6.45, 7) is 7.17. The molecule has 1 spiro atoms. The van der Waals surface area contributed by atoms with Crippen molar-refractivity contribution in [2.75, 3.05) is 37.6 Å². The Balaban J connectivity index is 1.09. The molecule has 2 amide bonds. The van der Waals surface area contributed by atoms with Crippen LogP contribution in [0.3, 0.4) is 0 Å². The minimum absolute atomic E-state index is 0.0517. The van der Waals surface area contributed by atoms with Gasteiger partial charge >= 0.3 is 0 Å². The second-order valence-corrected chi connectivity index (χ2v) is 12.2. The summed E-state index contributed by atoms with van der Waals surface area (Å²) < 4.78 is 15.9. The average Bonchev–Trinajstić information content (AvgIpc) is 3.78. The number of likely N-dealkylation sites (tertiary alicyclic amines) is 1. The third-order valence-corrected chi connectivity index (χ3v) is 9.90. The molecule has 1 aromatic heterocycles. The van der Waals surface area contributed by atoms with Gasteiger partial charge in [-0.1, -0.05) is 0 Å². The number of nitrogens with zero attached hydrogens (tertiary/aromatic N) is 5. The second-order valence-electron chi connectivity index (χ2n) is 12.2. The van der Waals surface area contributed by atoms with E-state index in [9.17, 15) is 19.1 Å². The van der Waals surface area contributed by atoms with Gasteiger partial charge in [-0.15, -0.1) is 0 Å². The maximum Gasteiger partial charge on any atom is 0.274 e. The molecule has 9 heteroatoms. The normalized spacial score (nSPS) is 25.5. The lowest BCUT2D eigenvalue weighted by molar-refractivity contribution is -0.135. The van der Waals surface area contributed by atoms with Crippen LogP contribution >= 0.6 is 0 Å². The molecular weight excluding hydrogens is 485 g/mol. The SMILES string of the molecule is Cc1c(F)ccc(N2CCN(C(=O)Cn3nc(C(=O)N4CCC(O)CC4)c4c3C[C@H]3CC43)C3(CC3)C2)c1C. The van der Waals surface area contributed by atoms with Crippen LogP contribution in [0.25, 0.3) is 0 Å². The Hall–Kier alpha value is -2.94. The van der Waals surface area contributed by atoms with E-state index in [1.54, 1.807) is 6.07 Å². The summed E-state index contributed by atoms with van der Waals surface area (Å²) in [5, 5.41) is 14.6. The summed E-state index contributed by atoms with van der Waals surface area (Å²) in [6.07, 6.45) is 4.82. The molecule has 2 atom stereocenters. The van der Waals surface area contributed by atoms with Crippen molar-refractivity contribution in [3.63, 3.8) is 0 Å². The molecular formula is C29H36FN5O3. The summed E-state index contributed by atoms with van der Waals surface area (Å²) in [7, 11) is 0. The molecule has 3 heterocycles. The highest BCUT2D eigenvalue weighted by atomic mass is 19.1. The number of hydrogen-bond acceptors (Lipinski definition) is 5. The third kappa shape index (κ3) is 3.76. The molecule has 2 saturated carbocycles. The number of hydrogen-bond donors (Lipinski definition) is 1. The highest BCUT2D eigenvalue weighted by molar-refractivity contribution is 5.95. The summed E-state index contributed by atoms with van der Waals surface area (Å²) in [6, 6.07) is 3.41. The van der Waals surface area contributed by atoms with Gasteiger partial charge in [0.25, 0.3) is 5.91 Å². The van der Waals surface area contributed by atoms with Crippen molar-refractivity contribution in [1.82, 2.24) is 19.6 Å². The molecule has 38 heavy (non-hydrogen) atoms. The number of aromatic nitrogens is 2. The Morgan fingerprint density at radius 1 is 1.11 bits per heavy atom. The van der Waals surface area contributed by atoms with E-state index in [0.717, 1.165) is 54.7 Å². The lowest BCUT2D eigenvalue weighted by atomic mass is 10.0. The van der Waals surface area contributed by atoms with E-state index < -0.39 is 0 Å². The second kappa shape index (κ2) is 8.53. The predicted molar refractivity (Wildman–Crippen MR) is 140 cm³/mol. The fraction of sp³-hybridized carbons (Fsp3) is 0.621. The van der Waals surface area contributed by atoms with E-state index in [2.05, 4.69) is 4.90 Å². The maximum atomic E-state index is 14.0. The van der Waals surface area contributed by atoms with Crippen molar-refractivity contribution in [2.45, 2.75) is 76.5 Å². The zero-order valence-electron chi connectivity index (χ0n) is 22.2. The minimum Gasteiger partial charge on any atom is -0.393 e. The Labute approximate surface area is 222 Å². The van der Waals surface area contributed by atoms with Crippen LogP contribution in [-0.2, 0) is 17.8 Å². The fourth-order valence-corrected chi connectivity index (χ4v) is 7.17. The van der Waals surface area contributed by atoms with E-state index in [4.69, 9.17) is 5.10 Å². The zero-order chi connectivity index (χ0) is 26.3. The number of carbonyl (C=O) groups is 2. The molecule has 3 aliphatic carbocycles. The number of aliphatic hydroxyl groups excluding tert-OH is 1. The van der Waals surface area contributed by atoms with E-state index in [1.165, 1.54) is 0 Å². The molecule has 0 radical (unpaired) electrons. The highest BCUT2D eigenvalue weighted by Crippen LogP contribution is 2.57. The molecule has 8 nitrogen and oxygen atoms in total. The molecule has 2 aliphatic heterocycles. The van der Waals surface area contributed by atoms with Crippen LogP contribution in [0.4, 0.5) is 10.1 Å². The van der Waals surface area contributed by atoms with Crippen LogP contribution in [0.1, 0.15) is 70.9 Å². The Kier molecular flexibility index (Phi) is 5.42. The van der Waals surface area contributed by atoms with Gasteiger partial charge < -0.3 is 19.8 Å². The van der Waals surface area contributed by atoms with Gasteiger partial charge in [0.2, 0.25) is 5.91 Å². The van der Waals surface area contributed by atoms with Gasteiger partial charge in [-0.05, 0) is 87.5 Å². The lowest BCUT2D eigenvalue weighted by Gasteiger charge is -2.44. The number of rotatable bonds is 4. The first-order valence-corrected chi connectivity index (χ1v) is 14.1. The van der Waals surface area contributed by atoms with Crippen molar-refractivity contribution >= 4 is 17.5 Å². The van der Waals surface area contributed by atoms with Gasteiger partial charge in [0.15, 0.2) is 5.69 Å². The van der Waals surface area contributed by atoms with Crippen molar-refractivity contribution in [2.24, 2.45) is 5.92 Å². The number of anilines is 1. The average molecular weight is 522 g/mol. The van der Waals surface area contributed by atoms with Crippen molar-refractivity contribution in [3.8, 4) is 0 Å². The number of benzene rings is 1. The maximum absolute atomic E-state index is 14.0. The van der Waals surface area contributed by atoms with Crippen LogP contribution < -0.4 is 4.90 Å². The first-order valence-electron chi connectivity index (χ1n) is 14.1. The van der Waals surface area contributed by atoms with Crippen LogP contribution in [0.15, 0.2) is 12.1 Å². The largest absolute Gasteiger partial charge is 0.393 e. The van der Waals surface area contributed by atoms with E-state index in [0.29, 0.717) is 62.1 Å². The Morgan fingerprint density at radius 3 is 2.61 bits per heavy atom. The molecule has 1 aromatic carbocycles. The smallest absolute Gasteiger partial charge is 0.274 e. The Morgan fingerprint density at radius 2 is 1.87 bits per heavy atom. The van der Waals surface area contributed by atoms with Gasteiger partial charge in [-0.2, -0.15) is 5.10 Å². The number of carbonyl (C=O) groups excluding carboxylic acids is 2. The number of halogens is 1. The molecule has 7 rings (SSSR count). The van der Waals surface area contributed by atoms with Crippen molar-refractivity contribution in [1.29, 1.82) is 0 Å². The summed E-state index contributed by atoms with van der Waals surface area (Å²) in [5.41, 5.74) is 5.21. The molecule has 4 fully saturated rings. The monoisotopic (exact) mass is 521 g/mol. The quantitative estimate of drug-likeness (QED) is 0.669. The number of piperidine rings is 1. The number of aliphatic hydroxyl groups is 1. The van der Waals surface area contributed by atoms with Crippen molar-refractivity contribution < 1.29 is 19.1 Å². The Bertz CT molecular complexity index is 1330. The number of piperazine rings is 1. The number of amides is 2. The minimum atomic E-state index is -0.334. The molecule has 0 bridgehead atoms. The van der Waals surface area contributed by atoms with Gasteiger partial charge in [-0.3, -0.25) is 14.3 Å². The van der Waals surface area contributed by atoms with E-state index in [1.807, 2.05) is 34.4 Å². The van der Waals surface area contributed by atoms with Gasteiger partial charge in [-0.25, -0.2) is 4.39 Å². The van der Waals surface area contributed by atoms with E-state index >= 15 is 0 Å². The molecule has 5 aliphatic rings. The van der Waals surface area contributed by atoms with E-state index in [-0.39, 0.29) is 35.8 Å². The zero-order valence-corrected chi connectivity index (χ0v) is 22.2. The first kappa shape index (κ1) is 24.1. The molecule has 2 saturated heterocycles. The first-order chi connectivity index (χ1) is 18.3. The molecule has 202 valence electrons. The highest BCUT2D eigenvalue weighted by Gasteiger charge is 2.54. The molecule has 1 N–H and O–H groups in total. The van der Waals surface area contributed by atoms with Crippen LogP contribution in [-0.4, -0.2) is 80.9 Å². The van der Waals surface area contributed by atoms with Crippen LogP contribution in [0.2, 0.25) is 0 Å². The topological polar surface area (TPSA) is 81.9 Å². The summed E-state index contributed by atoms with van der Waals surface area (Å²) in [5.74, 6) is 0.828. The summed E-state index contributed by atoms with van der Waals surface area (Å²) >= 11 is 0. The number of fused-ring (bicyclic) bond motifs is 3. The lowest BCUT2D eigenvalue weighted by Crippen LogP contribution is -2.58. The standard InChI is InChI=1S/C29H36FN5O3/c1-17-18(2)23(4-3-22(17)30)33-11-12-34(29(16-33)7-8-29)25(37)15-35-24-14-19-13-21(19)26(24)27(31-35)28(38)32-9-5-20(36)6-10-32/h3-4,19-21,36H,5-16H2,1-2H3/t19-,21?/m1/s1. The predicted octanol–water partition coefficient (Wildman–Crippen LogP) is 2.78.